The van der Waals surface area contributed by atoms with Crippen molar-refractivity contribution in [2.24, 2.45) is 11.5 Å². The Morgan fingerprint density at radius 1 is 1.62 bits per heavy atom. The molecule has 1 atom stereocenters. The monoisotopic (exact) mass is 135 g/mol. The average Bonchev–Trinajstić information content (AvgIpc) is 1.64. The number of amidine groups is 1. The van der Waals surface area contributed by atoms with Gasteiger partial charge in [-0.1, -0.05) is 0 Å². The Hall–Kier alpha value is -0.750. The maximum absolute atomic E-state index is 10.1. The van der Waals surface area contributed by atoms with Crippen LogP contribution in [0.1, 0.15) is 0 Å². The van der Waals surface area contributed by atoms with Gasteiger partial charge in [0.05, 0.1) is 0 Å². The van der Waals surface area contributed by atoms with Crippen molar-refractivity contribution in [1.29, 1.82) is 5.41 Å². The molecule has 0 aliphatic heterocycles. The van der Waals surface area contributed by atoms with Gasteiger partial charge in [-0.3, -0.25) is 0 Å². The van der Waals surface area contributed by atoms with Crippen LogP contribution in [-0.2, 0) is 11.2 Å². The molecule has 1 unspecified atom stereocenters. The van der Waals surface area contributed by atoms with Crippen molar-refractivity contribution in [3.63, 3.8) is 0 Å². The summed E-state index contributed by atoms with van der Waals surface area (Å²) in [5, 5.41) is 4.61. The third-order valence-corrected chi connectivity index (χ3v) is 1.15. The van der Waals surface area contributed by atoms with Gasteiger partial charge in [0, 0.05) is 0 Å². The van der Waals surface area contributed by atoms with E-state index in [0.29, 0.717) is 0 Å². The highest BCUT2D eigenvalue weighted by Crippen LogP contribution is 1.85. The van der Waals surface area contributed by atoms with E-state index in [9.17, 15) is 9.35 Å². The molecular formula is C2H5N3O2S. The van der Waals surface area contributed by atoms with Crippen LogP contribution in [0.5, 0.6) is 0 Å². The van der Waals surface area contributed by atoms with Gasteiger partial charge >= 0.3 is 10.4 Å². The largest absolute Gasteiger partial charge is 0.600 e. The minimum atomic E-state index is -2.12. The zero-order chi connectivity index (χ0) is 6.73. The number of amides is 1. The predicted molar refractivity (Wildman–Crippen MR) is 29.6 cm³/mol. The first-order valence-electron chi connectivity index (χ1n) is 1.61. The molecule has 6 heteroatoms. The van der Waals surface area contributed by atoms with E-state index in [1.165, 1.54) is 0 Å². The van der Waals surface area contributed by atoms with E-state index in [1.807, 2.05) is 0 Å². The van der Waals surface area contributed by atoms with E-state index in [2.05, 4.69) is 11.5 Å². The smallest absolute Gasteiger partial charge is 0.433 e. The van der Waals surface area contributed by atoms with Gasteiger partial charge in [-0.15, -0.1) is 0 Å². The molecule has 0 aromatic rings. The molecular weight excluding hydrogens is 130 g/mol. The minimum absolute atomic E-state index is 0.711. The summed E-state index contributed by atoms with van der Waals surface area (Å²) in [6, 6.07) is 0. The number of carbonyl (C=O) groups is 1. The van der Waals surface area contributed by atoms with Gasteiger partial charge in [0.25, 0.3) is 0 Å². The molecule has 0 rings (SSSR count). The van der Waals surface area contributed by atoms with Crippen LogP contribution in [0.3, 0.4) is 0 Å². The summed E-state index contributed by atoms with van der Waals surface area (Å²) in [7, 11) is 0. The molecule has 46 valence electrons. The Bertz CT molecular complexity index is 110. The molecule has 0 saturated heterocycles. The molecule has 0 fully saturated rings. The van der Waals surface area contributed by atoms with Gasteiger partial charge < -0.3 is 16.0 Å². The molecule has 8 heavy (non-hydrogen) atoms. The lowest BCUT2D eigenvalue weighted by Gasteiger charge is -1.98. The molecule has 0 aliphatic rings. The standard InChI is InChI=1S/C2H5N3O2S/c3-1(4)8(7)2(5)6/h(H3,3,4)(H2,5,6). The van der Waals surface area contributed by atoms with Gasteiger partial charge in [-0.05, 0) is 0 Å². The Morgan fingerprint density at radius 2 is 2.00 bits per heavy atom. The lowest BCUT2D eigenvalue weighted by Crippen LogP contribution is -2.33. The summed E-state index contributed by atoms with van der Waals surface area (Å²) in [4.78, 5) is 9.84. The number of nitrogens with two attached hydrogens (primary N) is 2. The summed E-state index contributed by atoms with van der Waals surface area (Å²) in [6.45, 7) is 0. The molecule has 0 aliphatic carbocycles. The van der Waals surface area contributed by atoms with E-state index in [4.69, 9.17) is 5.41 Å². The predicted octanol–water partition coefficient (Wildman–Crippen LogP) is -1.29. The molecule has 0 saturated carbocycles. The summed E-state index contributed by atoms with van der Waals surface area (Å²) in [6.07, 6.45) is 0. The lowest BCUT2D eigenvalue weighted by molar-refractivity contribution is 0.265. The maximum atomic E-state index is 10.1. The lowest BCUT2D eigenvalue weighted by atomic mass is 11.4. The van der Waals surface area contributed by atoms with Crippen LogP contribution < -0.4 is 11.5 Å². The molecule has 0 heterocycles. The Kier molecular flexibility index (Phi) is 2.29. The fourth-order valence-corrected chi connectivity index (χ4v) is 0.325. The van der Waals surface area contributed by atoms with Crippen molar-refractivity contribution in [2.75, 3.05) is 0 Å². The second kappa shape index (κ2) is 2.53. The van der Waals surface area contributed by atoms with Gasteiger partial charge in [0.2, 0.25) is 0 Å². The topological polar surface area (TPSA) is 116 Å². The maximum Gasteiger partial charge on any atom is 0.433 e. The highest BCUT2D eigenvalue weighted by Gasteiger charge is 2.17. The van der Waals surface area contributed by atoms with Crippen LogP contribution in [0.15, 0.2) is 0 Å². The fraction of sp³-hybridized carbons (Fsp3) is 0. The Labute approximate surface area is 48.7 Å². The van der Waals surface area contributed by atoms with Gasteiger partial charge in [-0.25, -0.2) is 10.2 Å². The molecule has 0 aromatic heterocycles. The van der Waals surface area contributed by atoms with E-state index in [-0.39, 0.29) is 0 Å². The number of carbonyl (C=O) groups excluding carboxylic acids is 1. The van der Waals surface area contributed by atoms with E-state index >= 15 is 0 Å². The quantitative estimate of drug-likeness (QED) is 0.218. The van der Waals surface area contributed by atoms with Crippen molar-refractivity contribution < 1.29 is 9.35 Å². The third-order valence-electron chi connectivity index (χ3n) is 0.382. The normalized spacial score (nSPS) is 12.6. The van der Waals surface area contributed by atoms with Gasteiger partial charge in [-0.2, -0.15) is 0 Å². The zero-order valence-electron chi connectivity index (χ0n) is 3.88. The summed E-state index contributed by atoms with van der Waals surface area (Å²) in [5.74, 6) is 0. The molecule has 1 amide bonds. The van der Waals surface area contributed by atoms with E-state index < -0.39 is 21.6 Å². The number of rotatable bonds is 0. The van der Waals surface area contributed by atoms with E-state index in [1.54, 1.807) is 0 Å². The zero-order valence-corrected chi connectivity index (χ0v) is 4.70. The highest BCUT2D eigenvalue weighted by atomic mass is 32.2. The third kappa shape index (κ3) is 1.80. The van der Waals surface area contributed by atoms with Crippen LogP contribution >= 0.6 is 0 Å². The van der Waals surface area contributed by atoms with Crippen LogP contribution in [0.4, 0.5) is 4.79 Å². The Balaban J connectivity index is 3.83. The summed E-state index contributed by atoms with van der Waals surface area (Å²) in [5.41, 5.74) is 9.10. The minimum Gasteiger partial charge on any atom is -0.600 e. The van der Waals surface area contributed by atoms with Crippen molar-refractivity contribution in [3.05, 3.63) is 0 Å². The van der Waals surface area contributed by atoms with Gasteiger partial charge in [0.15, 0.2) is 0 Å². The SMILES string of the molecule is N=C(N)[S+]([O-])C(N)=O. The first-order valence-corrected chi connectivity index (χ1v) is 2.76. The molecule has 5 nitrogen and oxygen atoms in total. The highest BCUT2D eigenvalue weighted by molar-refractivity contribution is 8.18. The van der Waals surface area contributed by atoms with Crippen LogP contribution in [0.25, 0.3) is 0 Å². The number of hydrogen-bond acceptors (Lipinski definition) is 3. The van der Waals surface area contributed by atoms with Crippen molar-refractivity contribution in [2.45, 2.75) is 0 Å². The van der Waals surface area contributed by atoms with Gasteiger partial charge in [0.1, 0.15) is 11.2 Å². The number of primary amides is 1. The Morgan fingerprint density at radius 3 is 2.00 bits per heavy atom. The van der Waals surface area contributed by atoms with Crippen LogP contribution in [-0.4, -0.2) is 15.0 Å². The first-order chi connectivity index (χ1) is 3.55. The average molecular weight is 135 g/mol. The van der Waals surface area contributed by atoms with Crippen molar-refractivity contribution in [3.8, 4) is 0 Å². The molecule has 0 spiro atoms. The van der Waals surface area contributed by atoms with E-state index in [0.717, 1.165) is 0 Å². The molecule has 0 aromatic carbocycles. The van der Waals surface area contributed by atoms with Crippen molar-refractivity contribution in [1.82, 2.24) is 0 Å². The number of hydrogen-bond donors (Lipinski definition) is 3. The molecule has 0 radical (unpaired) electrons. The summed E-state index contributed by atoms with van der Waals surface area (Å²) >= 11 is -2.12. The molecule has 0 bridgehead atoms. The fourth-order valence-electron chi connectivity index (χ4n) is 0.108. The van der Waals surface area contributed by atoms with Crippen LogP contribution in [0, 0.1) is 5.41 Å². The second-order valence-electron chi connectivity index (χ2n) is 0.952. The number of nitrogens with one attached hydrogen (secondary N) is 1. The molecule has 5 N–H and O–H groups in total. The van der Waals surface area contributed by atoms with Crippen molar-refractivity contribution >= 4 is 21.6 Å². The summed E-state index contributed by atoms with van der Waals surface area (Å²) < 4.78 is 10.1. The first kappa shape index (κ1) is 7.25. The van der Waals surface area contributed by atoms with Crippen LogP contribution in [0.2, 0.25) is 0 Å². The second-order valence-corrected chi connectivity index (χ2v) is 2.33.